The Hall–Kier alpha value is -0.650. The van der Waals surface area contributed by atoms with Gasteiger partial charge in [-0.3, -0.25) is 4.79 Å². The molecule has 0 saturated carbocycles. The molecule has 0 amide bonds. The molecule has 28 heavy (non-hydrogen) atoms. The Morgan fingerprint density at radius 3 is 1.75 bits per heavy atom. The van der Waals surface area contributed by atoms with Crippen LogP contribution < -0.4 is 0 Å². The van der Waals surface area contributed by atoms with Gasteiger partial charge in [-0.15, -0.1) is 0 Å². The van der Waals surface area contributed by atoms with Gasteiger partial charge in [-0.1, -0.05) is 59.8 Å². The van der Waals surface area contributed by atoms with Crippen molar-refractivity contribution in [1.82, 2.24) is 0 Å². The van der Waals surface area contributed by atoms with Crippen LogP contribution >= 0.6 is 0 Å². The van der Waals surface area contributed by atoms with Crippen LogP contribution in [0.25, 0.3) is 0 Å². The number of unbranched alkanes of at least 4 members (excludes halogenated alkanes) is 4. The summed E-state index contributed by atoms with van der Waals surface area (Å²) in [6, 6.07) is 0. The third kappa shape index (κ3) is 23.4. The molecule has 0 heterocycles. The summed E-state index contributed by atoms with van der Waals surface area (Å²) in [6.45, 7) is 13.2. The fourth-order valence-corrected chi connectivity index (χ4v) is 2.62. The summed E-state index contributed by atoms with van der Waals surface area (Å²) in [5, 5.41) is 0. The van der Waals surface area contributed by atoms with E-state index < -0.39 is 0 Å². The Labute approximate surface area is 173 Å². The highest BCUT2D eigenvalue weighted by Gasteiger charge is 2.03. The van der Waals surface area contributed by atoms with E-state index in [0.29, 0.717) is 58.4 Å². The van der Waals surface area contributed by atoms with Crippen LogP contribution in [0.1, 0.15) is 85.5 Å². The van der Waals surface area contributed by atoms with Crippen LogP contribution in [0.15, 0.2) is 0 Å². The van der Waals surface area contributed by atoms with Gasteiger partial charge in [0.2, 0.25) is 0 Å². The molecule has 0 saturated heterocycles. The zero-order valence-electron chi connectivity index (χ0n) is 19.0. The zero-order chi connectivity index (χ0) is 20.9. The first-order valence-electron chi connectivity index (χ1n) is 11.4. The number of hydrogen-bond acceptors (Lipinski definition) is 5. The molecule has 5 nitrogen and oxygen atoms in total. The average molecular weight is 403 g/mol. The molecule has 0 bridgehead atoms. The minimum atomic E-state index is -0.113. The van der Waals surface area contributed by atoms with Crippen molar-refractivity contribution in [3.8, 4) is 0 Å². The normalized spacial score (nSPS) is 11.5. The molecule has 0 aliphatic carbocycles. The van der Waals surface area contributed by atoms with E-state index in [1.807, 2.05) is 0 Å². The van der Waals surface area contributed by atoms with Crippen molar-refractivity contribution in [2.45, 2.75) is 85.5 Å². The number of ether oxygens (including phenoxy) is 4. The maximum atomic E-state index is 11.6. The monoisotopic (exact) mass is 402 g/mol. The van der Waals surface area contributed by atoms with Crippen molar-refractivity contribution < 1.29 is 23.7 Å². The maximum absolute atomic E-state index is 11.6. The van der Waals surface area contributed by atoms with Crippen LogP contribution in [0, 0.1) is 11.8 Å². The predicted octanol–water partition coefficient (Wildman–Crippen LogP) is 5.40. The van der Waals surface area contributed by atoms with Crippen molar-refractivity contribution in [1.29, 1.82) is 0 Å². The van der Waals surface area contributed by atoms with E-state index in [1.165, 1.54) is 25.7 Å². The third-order valence-corrected chi connectivity index (χ3v) is 4.44. The van der Waals surface area contributed by atoms with Crippen LogP contribution in [-0.4, -0.2) is 52.2 Å². The molecular formula is C23H46O5. The molecule has 0 aromatic rings. The molecule has 0 atom stereocenters. The summed E-state index contributed by atoms with van der Waals surface area (Å²) in [5.74, 6) is 1.37. The van der Waals surface area contributed by atoms with Crippen molar-refractivity contribution in [2.75, 3.05) is 46.2 Å². The van der Waals surface area contributed by atoms with Crippen molar-refractivity contribution >= 4 is 5.97 Å². The smallest absolute Gasteiger partial charge is 0.305 e. The van der Waals surface area contributed by atoms with Gasteiger partial charge in [0.1, 0.15) is 0 Å². The number of carbonyl (C=O) groups is 1. The zero-order valence-corrected chi connectivity index (χ0v) is 19.0. The first kappa shape index (κ1) is 27.4. The van der Waals surface area contributed by atoms with E-state index in [9.17, 15) is 4.79 Å². The largest absolute Gasteiger partial charge is 0.466 e. The maximum Gasteiger partial charge on any atom is 0.305 e. The van der Waals surface area contributed by atoms with E-state index >= 15 is 0 Å². The Morgan fingerprint density at radius 2 is 1.11 bits per heavy atom. The lowest BCUT2D eigenvalue weighted by atomic mass is 10.0. The van der Waals surface area contributed by atoms with Crippen molar-refractivity contribution in [3.63, 3.8) is 0 Å². The topological polar surface area (TPSA) is 54.0 Å². The SMILES string of the molecule is CC(C)CCCCCCCOC(=O)CCCOCCOCCOCCC(C)C. The van der Waals surface area contributed by atoms with Gasteiger partial charge in [0.15, 0.2) is 0 Å². The fourth-order valence-electron chi connectivity index (χ4n) is 2.62. The van der Waals surface area contributed by atoms with E-state index in [-0.39, 0.29) is 5.97 Å². The summed E-state index contributed by atoms with van der Waals surface area (Å²) in [6.07, 6.45) is 9.50. The highest BCUT2D eigenvalue weighted by Crippen LogP contribution is 2.10. The second-order valence-electron chi connectivity index (χ2n) is 8.29. The average Bonchev–Trinajstić information content (AvgIpc) is 2.64. The highest BCUT2D eigenvalue weighted by atomic mass is 16.5. The number of hydrogen-bond donors (Lipinski definition) is 0. The Kier molecular flexibility index (Phi) is 20.6. The van der Waals surface area contributed by atoms with E-state index in [4.69, 9.17) is 18.9 Å². The first-order chi connectivity index (χ1) is 13.5. The number of carbonyl (C=O) groups excluding carboxylic acids is 1. The lowest BCUT2D eigenvalue weighted by molar-refractivity contribution is -0.144. The standard InChI is InChI=1S/C23H46O5/c1-21(2)11-8-6-5-7-9-15-28-23(24)12-10-14-25-17-19-27-20-18-26-16-13-22(3)4/h21-22H,5-20H2,1-4H3. The van der Waals surface area contributed by atoms with Gasteiger partial charge in [0.05, 0.1) is 33.0 Å². The second kappa shape index (κ2) is 21.1. The molecule has 5 heteroatoms. The molecule has 0 rings (SSSR count). The molecule has 0 radical (unpaired) electrons. The van der Waals surface area contributed by atoms with Crippen LogP contribution in [0.3, 0.4) is 0 Å². The molecular weight excluding hydrogens is 356 g/mol. The van der Waals surface area contributed by atoms with E-state index in [0.717, 1.165) is 31.8 Å². The van der Waals surface area contributed by atoms with Gasteiger partial charge >= 0.3 is 5.97 Å². The minimum Gasteiger partial charge on any atom is -0.466 e. The van der Waals surface area contributed by atoms with Gasteiger partial charge < -0.3 is 18.9 Å². The number of rotatable bonds is 21. The fraction of sp³-hybridized carbons (Fsp3) is 0.957. The summed E-state index contributed by atoms with van der Waals surface area (Å²) in [5.41, 5.74) is 0. The molecule has 0 N–H and O–H groups in total. The second-order valence-corrected chi connectivity index (χ2v) is 8.29. The predicted molar refractivity (Wildman–Crippen MR) is 115 cm³/mol. The van der Waals surface area contributed by atoms with Gasteiger partial charge in [0.25, 0.3) is 0 Å². The van der Waals surface area contributed by atoms with Crippen LogP contribution in [0.4, 0.5) is 0 Å². The highest BCUT2D eigenvalue weighted by molar-refractivity contribution is 5.69. The van der Waals surface area contributed by atoms with Crippen LogP contribution in [0.5, 0.6) is 0 Å². The van der Waals surface area contributed by atoms with Crippen molar-refractivity contribution in [3.05, 3.63) is 0 Å². The molecule has 0 aliphatic rings. The summed E-state index contributed by atoms with van der Waals surface area (Å²) >= 11 is 0. The Bertz CT molecular complexity index is 331. The lowest BCUT2D eigenvalue weighted by Gasteiger charge is -2.08. The first-order valence-corrected chi connectivity index (χ1v) is 11.4. The lowest BCUT2D eigenvalue weighted by Crippen LogP contribution is -2.11. The molecule has 0 aromatic heterocycles. The molecule has 0 aromatic carbocycles. The van der Waals surface area contributed by atoms with E-state index in [2.05, 4.69) is 27.7 Å². The molecule has 0 unspecified atom stereocenters. The third-order valence-electron chi connectivity index (χ3n) is 4.44. The summed E-state index contributed by atoms with van der Waals surface area (Å²) in [4.78, 5) is 11.6. The minimum absolute atomic E-state index is 0.113. The van der Waals surface area contributed by atoms with Gasteiger partial charge in [-0.2, -0.15) is 0 Å². The van der Waals surface area contributed by atoms with Crippen molar-refractivity contribution in [2.24, 2.45) is 11.8 Å². The van der Waals surface area contributed by atoms with E-state index in [1.54, 1.807) is 0 Å². The Morgan fingerprint density at radius 1 is 0.571 bits per heavy atom. The Balaban J connectivity index is 3.17. The number of esters is 1. The molecule has 168 valence electrons. The van der Waals surface area contributed by atoms with Crippen LogP contribution in [0.2, 0.25) is 0 Å². The summed E-state index contributed by atoms with van der Waals surface area (Å²) in [7, 11) is 0. The van der Waals surface area contributed by atoms with Gasteiger partial charge in [-0.25, -0.2) is 0 Å². The quantitative estimate of drug-likeness (QED) is 0.190. The molecule has 0 spiro atoms. The van der Waals surface area contributed by atoms with Gasteiger partial charge in [0, 0.05) is 19.6 Å². The van der Waals surface area contributed by atoms with Crippen LogP contribution in [-0.2, 0) is 23.7 Å². The molecule has 0 aliphatic heterocycles. The molecule has 0 fully saturated rings. The summed E-state index contributed by atoms with van der Waals surface area (Å²) < 4.78 is 21.6. The van der Waals surface area contributed by atoms with Gasteiger partial charge in [-0.05, 0) is 31.1 Å².